The molecular weight excluding hydrogens is 250 g/mol. The van der Waals surface area contributed by atoms with E-state index in [0.29, 0.717) is 17.8 Å². The molecule has 0 amide bonds. The molecule has 1 aliphatic rings. The van der Waals surface area contributed by atoms with Gasteiger partial charge in [-0.15, -0.1) is 0 Å². The summed E-state index contributed by atoms with van der Waals surface area (Å²) >= 11 is 1.97. The highest BCUT2D eigenvalue weighted by atomic mass is 32.2. The molecule has 3 atom stereocenters. The van der Waals surface area contributed by atoms with Crippen molar-refractivity contribution >= 4 is 17.7 Å². The Bertz CT molecular complexity index is 271. The maximum Gasteiger partial charge on any atom is 0.325 e. The number of carbonyl (C=O) groups excluding carboxylic acids is 1. The fraction of sp³-hybridized carbons (Fsp3) is 0.923. The SMILES string of the molecule is COC(=O)C(C)(N)CCCCSC1CCOC1C. The smallest absolute Gasteiger partial charge is 0.325 e. The van der Waals surface area contributed by atoms with Gasteiger partial charge in [-0.05, 0) is 38.9 Å². The number of thioether (sulfide) groups is 1. The second-order valence-corrected chi connectivity index (χ2v) is 6.49. The Hall–Kier alpha value is -0.260. The molecule has 0 aliphatic carbocycles. The van der Waals surface area contributed by atoms with Crippen molar-refractivity contribution < 1.29 is 14.3 Å². The molecular formula is C13H25NO3S. The van der Waals surface area contributed by atoms with Crippen LogP contribution in [0.25, 0.3) is 0 Å². The number of esters is 1. The summed E-state index contributed by atoms with van der Waals surface area (Å²) in [6, 6.07) is 0. The number of carbonyl (C=O) groups is 1. The van der Waals surface area contributed by atoms with Gasteiger partial charge >= 0.3 is 5.97 Å². The summed E-state index contributed by atoms with van der Waals surface area (Å²) in [4.78, 5) is 11.4. The third-order valence-corrected chi connectivity index (χ3v) is 4.95. The minimum Gasteiger partial charge on any atom is -0.468 e. The number of hydrogen-bond donors (Lipinski definition) is 1. The Morgan fingerprint density at radius 1 is 1.56 bits per heavy atom. The normalized spacial score (nSPS) is 26.9. The van der Waals surface area contributed by atoms with E-state index in [1.54, 1.807) is 6.92 Å². The van der Waals surface area contributed by atoms with Crippen LogP contribution >= 0.6 is 11.8 Å². The van der Waals surface area contributed by atoms with Crippen LogP contribution in [-0.2, 0) is 14.3 Å². The number of methoxy groups -OCH3 is 1. The highest BCUT2D eigenvalue weighted by molar-refractivity contribution is 7.99. The minimum absolute atomic E-state index is 0.326. The molecule has 0 saturated carbocycles. The number of ether oxygens (including phenoxy) is 2. The summed E-state index contributed by atoms with van der Waals surface area (Å²) in [5.41, 5.74) is 5.05. The second-order valence-electron chi connectivity index (χ2n) is 5.14. The first-order chi connectivity index (χ1) is 8.47. The van der Waals surface area contributed by atoms with Crippen molar-refractivity contribution in [3.63, 3.8) is 0 Å². The van der Waals surface area contributed by atoms with Gasteiger partial charge in [-0.25, -0.2) is 0 Å². The molecule has 0 aromatic heterocycles. The van der Waals surface area contributed by atoms with Crippen LogP contribution in [0.1, 0.15) is 39.5 Å². The van der Waals surface area contributed by atoms with Crippen molar-refractivity contribution in [1.29, 1.82) is 0 Å². The Morgan fingerprint density at radius 2 is 2.28 bits per heavy atom. The van der Waals surface area contributed by atoms with Crippen molar-refractivity contribution in [1.82, 2.24) is 0 Å². The fourth-order valence-corrected chi connectivity index (χ4v) is 3.38. The van der Waals surface area contributed by atoms with Gasteiger partial charge in [-0.1, -0.05) is 6.42 Å². The summed E-state index contributed by atoms with van der Waals surface area (Å²) < 4.78 is 10.2. The van der Waals surface area contributed by atoms with Gasteiger partial charge in [-0.3, -0.25) is 4.79 Å². The van der Waals surface area contributed by atoms with Crippen LogP contribution in [0.5, 0.6) is 0 Å². The molecule has 0 bridgehead atoms. The van der Waals surface area contributed by atoms with Crippen LogP contribution in [0.4, 0.5) is 0 Å². The van der Waals surface area contributed by atoms with E-state index >= 15 is 0 Å². The quantitative estimate of drug-likeness (QED) is 0.568. The van der Waals surface area contributed by atoms with Crippen molar-refractivity contribution in [3.8, 4) is 0 Å². The number of hydrogen-bond acceptors (Lipinski definition) is 5. The third-order valence-electron chi connectivity index (χ3n) is 3.38. The Kier molecular flexibility index (Phi) is 6.46. The molecule has 106 valence electrons. The van der Waals surface area contributed by atoms with Crippen molar-refractivity contribution in [2.45, 2.75) is 56.4 Å². The second kappa shape index (κ2) is 7.36. The Labute approximate surface area is 114 Å². The van der Waals surface area contributed by atoms with Gasteiger partial charge in [0.2, 0.25) is 0 Å². The lowest BCUT2D eigenvalue weighted by Crippen LogP contribution is -2.45. The maximum atomic E-state index is 11.4. The van der Waals surface area contributed by atoms with Crippen molar-refractivity contribution in [2.24, 2.45) is 5.73 Å². The summed E-state index contributed by atoms with van der Waals surface area (Å²) in [7, 11) is 1.38. The van der Waals surface area contributed by atoms with Gasteiger partial charge in [0.05, 0.1) is 13.2 Å². The van der Waals surface area contributed by atoms with Crippen molar-refractivity contribution in [3.05, 3.63) is 0 Å². The summed E-state index contributed by atoms with van der Waals surface area (Å²) in [5.74, 6) is 0.781. The van der Waals surface area contributed by atoms with Gasteiger partial charge < -0.3 is 15.2 Å². The average Bonchev–Trinajstić information content (AvgIpc) is 2.73. The average molecular weight is 275 g/mol. The zero-order valence-corrected chi connectivity index (χ0v) is 12.4. The lowest BCUT2D eigenvalue weighted by Gasteiger charge is -2.21. The van der Waals surface area contributed by atoms with E-state index in [4.69, 9.17) is 10.5 Å². The predicted octanol–water partition coefficient (Wildman–Crippen LogP) is 1.96. The summed E-state index contributed by atoms with van der Waals surface area (Å²) in [6.45, 7) is 4.76. The Balaban J connectivity index is 2.09. The van der Waals surface area contributed by atoms with E-state index in [-0.39, 0.29) is 5.97 Å². The molecule has 1 heterocycles. The first kappa shape index (κ1) is 15.8. The molecule has 1 rings (SSSR count). The third kappa shape index (κ3) is 4.78. The first-order valence-corrected chi connectivity index (χ1v) is 7.63. The highest BCUT2D eigenvalue weighted by Crippen LogP contribution is 2.27. The van der Waals surface area contributed by atoms with Crippen LogP contribution in [0.3, 0.4) is 0 Å². The molecule has 0 radical (unpaired) electrons. The Morgan fingerprint density at radius 3 is 2.83 bits per heavy atom. The van der Waals surface area contributed by atoms with E-state index in [2.05, 4.69) is 11.7 Å². The van der Waals surface area contributed by atoms with Gasteiger partial charge in [0.25, 0.3) is 0 Å². The van der Waals surface area contributed by atoms with E-state index in [1.165, 1.54) is 7.11 Å². The molecule has 0 aromatic carbocycles. The fourth-order valence-electron chi connectivity index (χ4n) is 2.10. The monoisotopic (exact) mass is 275 g/mol. The molecule has 18 heavy (non-hydrogen) atoms. The van der Waals surface area contributed by atoms with E-state index in [9.17, 15) is 4.79 Å². The zero-order chi connectivity index (χ0) is 13.6. The number of unbranched alkanes of at least 4 members (excludes halogenated alkanes) is 1. The molecule has 2 N–H and O–H groups in total. The van der Waals surface area contributed by atoms with Gasteiger partial charge in [-0.2, -0.15) is 11.8 Å². The van der Waals surface area contributed by atoms with Crippen molar-refractivity contribution in [2.75, 3.05) is 19.5 Å². The maximum absolute atomic E-state index is 11.4. The van der Waals surface area contributed by atoms with E-state index in [0.717, 1.165) is 31.6 Å². The molecule has 5 heteroatoms. The summed E-state index contributed by atoms with van der Waals surface area (Å²) in [6.07, 6.45) is 4.25. The van der Waals surface area contributed by atoms with Crippen LogP contribution in [-0.4, -0.2) is 42.3 Å². The topological polar surface area (TPSA) is 61.5 Å². The number of nitrogens with two attached hydrogens (primary N) is 1. The van der Waals surface area contributed by atoms with E-state index in [1.807, 2.05) is 11.8 Å². The van der Waals surface area contributed by atoms with Gasteiger partial charge in [0.1, 0.15) is 5.54 Å². The van der Waals surface area contributed by atoms with Crippen LogP contribution in [0.15, 0.2) is 0 Å². The molecule has 1 aliphatic heterocycles. The predicted molar refractivity (Wildman–Crippen MR) is 74.7 cm³/mol. The summed E-state index contributed by atoms with van der Waals surface area (Å²) in [5, 5.41) is 0.634. The molecule has 3 unspecified atom stereocenters. The van der Waals surface area contributed by atoms with Crippen LogP contribution in [0, 0.1) is 0 Å². The molecule has 4 nitrogen and oxygen atoms in total. The minimum atomic E-state index is -0.844. The molecule has 0 spiro atoms. The van der Waals surface area contributed by atoms with Gasteiger partial charge in [0, 0.05) is 11.9 Å². The van der Waals surface area contributed by atoms with Crippen LogP contribution in [0.2, 0.25) is 0 Å². The van der Waals surface area contributed by atoms with E-state index < -0.39 is 5.54 Å². The van der Waals surface area contributed by atoms with Gasteiger partial charge in [0.15, 0.2) is 0 Å². The first-order valence-electron chi connectivity index (χ1n) is 6.58. The zero-order valence-electron chi connectivity index (χ0n) is 11.6. The molecule has 1 saturated heterocycles. The van der Waals surface area contributed by atoms with Crippen LogP contribution < -0.4 is 5.73 Å². The largest absolute Gasteiger partial charge is 0.468 e. The standard InChI is InChI=1S/C13H25NO3S/c1-10-11(6-8-17-10)18-9-5-4-7-13(2,14)12(15)16-3/h10-11H,4-9,14H2,1-3H3. The highest BCUT2D eigenvalue weighted by Gasteiger charge is 2.28. The lowest BCUT2D eigenvalue weighted by molar-refractivity contribution is -0.146. The molecule has 0 aromatic rings. The lowest BCUT2D eigenvalue weighted by atomic mass is 9.97. The molecule has 1 fully saturated rings. The number of rotatable bonds is 7.